The maximum Gasteiger partial charge on any atom is 0.250 e. The summed E-state index contributed by atoms with van der Waals surface area (Å²) in [4.78, 5) is 12.3. The number of carbonyl (C=O) groups excluding carboxylic acids is 1. The van der Waals surface area contributed by atoms with Crippen molar-refractivity contribution >= 4 is 35.5 Å². The van der Waals surface area contributed by atoms with E-state index in [4.69, 9.17) is 16.3 Å². The fraction of sp³-hybridized carbons (Fsp3) is 0.0833. The zero-order chi connectivity index (χ0) is 23.9. The van der Waals surface area contributed by atoms with E-state index in [0.29, 0.717) is 11.0 Å². The van der Waals surface area contributed by atoms with Crippen molar-refractivity contribution in [3.8, 4) is 22.8 Å². The molecule has 0 aliphatic heterocycles. The highest BCUT2D eigenvalue weighted by atomic mass is 35.5. The number of hydrogen-bond donors (Lipinski definition) is 1. The van der Waals surface area contributed by atoms with Crippen molar-refractivity contribution in [3.05, 3.63) is 89.2 Å². The first kappa shape index (κ1) is 23.5. The minimum Gasteiger partial charge on any atom is -0.497 e. The number of para-hydroxylation sites is 1. The summed E-state index contributed by atoms with van der Waals surface area (Å²) >= 11 is 7.16. The number of aromatic nitrogens is 3. The highest BCUT2D eigenvalue weighted by Gasteiger charge is 2.17. The van der Waals surface area contributed by atoms with E-state index in [-0.39, 0.29) is 22.2 Å². The Labute approximate surface area is 204 Å². The number of halogens is 2. The average molecular weight is 496 g/mol. The van der Waals surface area contributed by atoms with E-state index in [9.17, 15) is 9.18 Å². The molecule has 1 amide bonds. The van der Waals surface area contributed by atoms with Gasteiger partial charge in [-0.2, -0.15) is 5.10 Å². The van der Waals surface area contributed by atoms with Crippen LogP contribution in [0.15, 0.2) is 83.1 Å². The van der Waals surface area contributed by atoms with Gasteiger partial charge in [0.25, 0.3) is 5.91 Å². The Morgan fingerprint density at radius 2 is 1.88 bits per heavy atom. The van der Waals surface area contributed by atoms with Crippen LogP contribution in [0.5, 0.6) is 5.75 Å². The predicted octanol–water partition coefficient (Wildman–Crippen LogP) is 4.98. The molecule has 172 valence electrons. The van der Waals surface area contributed by atoms with Crippen molar-refractivity contribution < 1.29 is 13.9 Å². The van der Waals surface area contributed by atoms with Crippen molar-refractivity contribution in [2.45, 2.75) is 5.16 Å². The molecule has 34 heavy (non-hydrogen) atoms. The van der Waals surface area contributed by atoms with Gasteiger partial charge in [0.15, 0.2) is 11.0 Å². The molecule has 7 nitrogen and oxygen atoms in total. The third-order valence-electron chi connectivity index (χ3n) is 4.71. The molecule has 0 atom stereocenters. The van der Waals surface area contributed by atoms with Crippen LogP contribution in [0.3, 0.4) is 0 Å². The van der Waals surface area contributed by atoms with E-state index in [1.807, 2.05) is 59.2 Å². The Morgan fingerprint density at radius 1 is 1.12 bits per heavy atom. The van der Waals surface area contributed by atoms with E-state index in [2.05, 4.69) is 20.7 Å². The van der Waals surface area contributed by atoms with Gasteiger partial charge in [-0.1, -0.05) is 47.6 Å². The topological polar surface area (TPSA) is 81.4 Å². The number of amides is 1. The second-order valence-electron chi connectivity index (χ2n) is 6.92. The molecular formula is C24H19ClFN5O2S. The van der Waals surface area contributed by atoms with Gasteiger partial charge in [0.2, 0.25) is 0 Å². The Kier molecular flexibility index (Phi) is 7.56. The summed E-state index contributed by atoms with van der Waals surface area (Å²) in [5.74, 6) is 0.474. The minimum atomic E-state index is -0.526. The summed E-state index contributed by atoms with van der Waals surface area (Å²) in [7, 11) is 1.61. The second-order valence-corrected chi connectivity index (χ2v) is 8.27. The van der Waals surface area contributed by atoms with Crippen molar-refractivity contribution in [1.82, 2.24) is 20.2 Å². The van der Waals surface area contributed by atoms with Crippen LogP contribution in [-0.4, -0.2) is 39.7 Å². The monoisotopic (exact) mass is 495 g/mol. The number of thioether (sulfide) groups is 1. The molecule has 0 aliphatic rings. The number of benzene rings is 3. The summed E-state index contributed by atoms with van der Waals surface area (Å²) < 4.78 is 20.9. The van der Waals surface area contributed by atoms with E-state index in [1.54, 1.807) is 13.2 Å². The molecule has 1 heterocycles. The summed E-state index contributed by atoms with van der Waals surface area (Å²) in [6.07, 6.45) is 1.18. The van der Waals surface area contributed by atoms with Crippen LogP contribution in [0.4, 0.5) is 4.39 Å². The minimum absolute atomic E-state index is 0.0237. The van der Waals surface area contributed by atoms with Gasteiger partial charge in [-0.3, -0.25) is 9.36 Å². The van der Waals surface area contributed by atoms with Crippen LogP contribution in [-0.2, 0) is 4.79 Å². The first-order valence-corrected chi connectivity index (χ1v) is 11.5. The quantitative estimate of drug-likeness (QED) is 0.212. The molecule has 4 rings (SSSR count). The molecule has 0 aliphatic carbocycles. The standard InChI is InChI=1S/C24H19ClFN5O2S/c1-33-18-12-10-16(11-13-18)23-29-30-24(31(23)17-6-3-2-4-7-17)34-15-22(32)28-27-14-19-20(25)8-5-9-21(19)26/h2-14H,15H2,1H3,(H,28,32). The van der Waals surface area contributed by atoms with E-state index < -0.39 is 5.82 Å². The number of rotatable bonds is 8. The Hall–Kier alpha value is -3.69. The molecule has 3 aromatic carbocycles. The number of ether oxygens (including phenoxy) is 1. The number of hydrogen-bond acceptors (Lipinski definition) is 6. The lowest BCUT2D eigenvalue weighted by Gasteiger charge is -2.10. The average Bonchev–Trinajstić information content (AvgIpc) is 3.29. The van der Waals surface area contributed by atoms with Gasteiger partial charge in [-0.05, 0) is 48.5 Å². The molecule has 0 unspecified atom stereocenters. The maximum atomic E-state index is 13.8. The summed E-state index contributed by atoms with van der Waals surface area (Å²) in [6, 6.07) is 21.4. The molecule has 0 saturated heterocycles. The summed E-state index contributed by atoms with van der Waals surface area (Å²) in [5, 5.41) is 13.2. The fourth-order valence-electron chi connectivity index (χ4n) is 3.07. The SMILES string of the molecule is COc1ccc(-c2nnc(SCC(=O)NN=Cc3c(F)cccc3Cl)n2-c2ccccc2)cc1. The van der Waals surface area contributed by atoms with Gasteiger partial charge < -0.3 is 4.74 Å². The van der Waals surface area contributed by atoms with Gasteiger partial charge in [-0.15, -0.1) is 10.2 Å². The molecule has 0 bridgehead atoms. The van der Waals surface area contributed by atoms with Gasteiger partial charge in [-0.25, -0.2) is 9.82 Å². The van der Waals surface area contributed by atoms with Crippen molar-refractivity contribution in [1.29, 1.82) is 0 Å². The fourth-order valence-corrected chi connectivity index (χ4v) is 4.02. The normalized spacial score (nSPS) is 11.0. The molecule has 4 aromatic rings. The third kappa shape index (κ3) is 5.44. The predicted molar refractivity (Wildman–Crippen MR) is 131 cm³/mol. The molecule has 0 radical (unpaired) electrons. The lowest BCUT2D eigenvalue weighted by molar-refractivity contribution is -0.118. The Morgan fingerprint density at radius 3 is 2.59 bits per heavy atom. The second kappa shape index (κ2) is 11.0. The largest absolute Gasteiger partial charge is 0.497 e. The van der Waals surface area contributed by atoms with Crippen molar-refractivity contribution in [2.24, 2.45) is 5.10 Å². The van der Waals surface area contributed by atoms with Crippen LogP contribution in [0.25, 0.3) is 17.1 Å². The number of carbonyl (C=O) groups is 1. The lowest BCUT2D eigenvalue weighted by atomic mass is 10.2. The highest BCUT2D eigenvalue weighted by Crippen LogP contribution is 2.29. The van der Waals surface area contributed by atoms with Crippen LogP contribution in [0.1, 0.15) is 5.56 Å². The van der Waals surface area contributed by atoms with E-state index in [0.717, 1.165) is 17.0 Å². The lowest BCUT2D eigenvalue weighted by Crippen LogP contribution is -2.20. The first-order chi connectivity index (χ1) is 16.6. The zero-order valence-corrected chi connectivity index (χ0v) is 19.6. The molecule has 1 N–H and O–H groups in total. The van der Waals surface area contributed by atoms with Crippen molar-refractivity contribution in [3.63, 3.8) is 0 Å². The molecule has 0 saturated carbocycles. The number of nitrogens with zero attached hydrogens (tertiary/aromatic N) is 4. The Balaban J connectivity index is 1.51. The third-order valence-corrected chi connectivity index (χ3v) is 5.97. The molecule has 0 spiro atoms. The number of methoxy groups -OCH3 is 1. The van der Waals surface area contributed by atoms with Gasteiger partial charge >= 0.3 is 0 Å². The zero-order valence-electron chi connectivity index (χ0n) is 18.0. The van der Waals surface area contributed by atoms with Crippen LogP contribution >= 0.6 is 23.4 Å². The highest BCUT2D eigenvalue weighted by molar-refractivity contribution is 7.99. The number of nitrogens with one attached hydrogen (secondary N) is 1. The van der Waals surface area contributed by atoms with Crippen molar-refractivity contribution in [2.75, 3.05) is 12.9 Å². The molecule has 1 aromatic heterocycles. The smallest absolute Gasteiger partial charge is 0.250 e. The van der Waals surface area contributed by atoms with Crippen LogP contribution in [0.2, 0.25) is 5.02 Å². The Bertz CT molecular complexity index is 1290. The van der Waals surface area contributed by atoms with Gasteiger partial charge in [0.05, 0.1) is 24.1 Å². The van der Waals surface area contributed by atoms with Crippen LogP contribution < -0.4 is 10.2 Å². The van der Waals surface area contributed by atoms with E-state index >= 15 is 0 Å². The first-order valence-electron chi connectivity index (χ1n) is 10.1. The summed E-state index contributed by atoms with van der Waals surface area (Å²) in [5.41, 5.74) is 4.18. The van der Waals surface area contributed by atoms with Gasteiger partial charge in [0, 0.05) is 16.8 Å². The maximum absolute atomic E-state index is 13.8. The van der Waals surface area contributed by atoms with Gasteiger partial charge in [0.1, 0.15) is 11.6 Å². The molecule has 0 fully saturated rings. The number of hydrazone groups is 1. The summed E-state index contributed by atoms with van der Waals surface area (Å²) in [6.45, 7) is 0. The van der Waals surface area contributed by atoms with E-state index in [1.165, 1.54) is 30.1 Å². The molecular weight excluding hydrogens is 477 g/mol. The molecule has 10 heteroatoms. The van der Waals surface area contributed by atoms with Crippen LogP contribution in [0, 0.1) is 5.82 Å².